The molecule has 6 heteroatoms. The molecule has 22 heavy (non-hydrogen) atoms. The van der Waals surface area contributed by atoms with Crippen LogP contribution in [0, 0.1) is 25.5 Å². The van der Waals surface area contributed by atoms with Crippen molar-refractivity contribution in [3.63, 3.8) is 0 Å². The number of nitrogens with one attached hydrogen (secondary N) is 1. The minimum absolute atomic E-state index is 0. The van der Waals surface area contributed by atoms with Gasteiger partial charge in [0.05, 0.1) is 6.54 Å². The summed E-state index contributed by atoms with van der Waals surface area (Å²) in [6.07, 6.45) is 0. The number of hydrogen-bond donors (Lipinski definition) is 2. The average Bonchev–Trinajstić information content (AvgIpc) is 2.44. The summed E-state index contributed by atoms with van der Waals surface area (Å²) >= 11 is 0. The maximum Gasteiger partial charge on any atom is 0.193 e. The summed E-state index contributed by atoms with van der Waals surface area (Å²) in [7, 11) is 0. The van der Waals surface area contributed by atoms with Crippen LogP contribution in [0.2, 0.25) is 0 Å². The molecule has 3 N–H and O–H groups in total. The van der Waals surface area contributed by atoms with Gasteiger partial charge in [-0.3, -0.25) is 0 Å². The number of nitrogens with zero attached hydrogens (tertiary/aromatic N) is 1. The van der Waals surface area contributed by atoms with E-state index < -0.39 is 11.6 Å². The van der Waals surface area contributed by atoms with Gasteiger partial charge in [0.2, 0.25) is 0 Å². The van der Waals surface area contributed by atoms with Crippen molar-refractivity contribution in [2.75, 3.05) is 5.32 Å². The molecule has 0 saturated carbocycles. The molecule has 0 spiro atoms. The van der Waals surface area contributed by atoms with Crippen molar-refractivity contribution < 1.29 is 8.78 Å². The lowest BCUT2D eigenvalue weighted by Gasteiger charge is -2.08. The van der Waals surface area contributed by atoms with E-state index in [1.54, 1.807) is 0 Å². The van der Waals surface area contributed by atoms with Gasteiger partial charge in [-0.2, -0.15) is 0 Å². The van der Waals surface area contributed by atoms with Crippen LogP contribution in [0.3, 0.4) is 0 Å². The van der Waals surface area contributed by atoms with E-state index >= 15 is 0 Å². The van der Waals surface area contributed by atoms with Crippen molar-refractivity contribution in [1.29, 1.82) is 0 Å². The highest BCUT2D eigenvalue weighted by Gasteiger charge is 2.03. The topological polar surface area (TPSA) is 50.4 Å². The van der Waals surface area contributed by atoms with Crippen LogP contribution in [0.1, 0.15) is 16.7 Å². The molecule has 118 valence electrons. The molecule has 0 fully saturated rings. The molecule has 0 saturated heterocycles. The summed E-state index contributed by atoms with van der Waals surface area (Å²) in [6, 6.07) is 9.06. The Labute approximate surface area is 145 Å². The van der Waals surface area contributed by atoms with Crippen LogP contribution in [0.4, 0.5) is 14.5 Å². The predicted molar refractivity (Wildman–Crippen MR) is 96.6 cm³/mol. The van der Waals surface area contributed by atoms with Gasteiger partial charge < -0.3 is 11.1 Å². The fourth-order valence-electron chi connectivity index (χ4n) is 1.84. The SMILES string of the molecule is Cc1ccc(NC(N)=NCc2cc(F)ccc2F)cc1C.I. The Morgan fingerprint density at radius 1 is 1.09 bits per heavy atom. The lowest BCUT2D eigenvalue weighted by Crippen LogP contribution is -2.22. The second kappa shape index (κ2) is 8.07. The normalized spacial score (nSPS) is 11.0. The van der Waals surface area contributed by atoms with Gasteiger partial charge in [0.25, 0.3) is 0 Å². The van der Waals surface area contributed by atoms with Crippen molar-refractivity contribution >= 4 is 35.6 Å². The van der Waals surface area contributed by atoms with E-state index in [1.807, 2.05) is 32.0 Å². The molecule has 2 aromatic rings. The molecule has 2 aromatic carbocycles. The van der Waals surface area contributed by atoms with Crippen LogP contribution in [0.15, 0.2) is 41.4 Å². The van der Waals surface area contributed by atoms with E-state index in [4.69, 9.17) is 5.73 Å². The van der Waals surface area contributed by atoms with Gasteiger partial charge in [-0.1, -0.05) is 6.07 Å². The number of rotatable bonds is 3. The molecule has 0 aliphatic heterocycles. The zero-order chi connectivity index (χ0) is 15.4. The number of halogens is 3. The highest BCUT2D eigenvalue weighted by Crippen LogP contribution is 2.14. The molecule has 0 heterocycles. The predicted octanol–water partition coefficient (Wildman–Crippen LogP) is 4.13. The number of hydrogen-bond acceptors (Lipinski definition) is 1. The van der Waals surface area contributed by atoms with E-state index in [2.05, 4.69) is 10.3 Å². The minimum Gasteiger partial charge on any atom is -0.370 e. The molecule has 0 atom stereocenters. The molecule has 0 unspecified atom stereocenters. The lowest BCUT2D eigenvalue weighted by molar-refractivity contribution is 0.586. The molecule has 0 bridgehead atoms. The monoisotopic (exact) mass is 417 g/mol. The van der Waals surface area contributed by atoms with Crippen molar-refractivity contribution in [2.24, 2.45) is 10.7 Å². The van der Waals surface area contributed by atoms with Crippen molar-refractivity contribution in [2.45, 2.75) is 20.4 Å². The van der Waals surface area contributed by atoms with Crippen molar-refractivity contribution in [3.05, 3.63) is 64.7 Å². The largest absolute Gasteiger partial charge is 0.370 e. The maximum absolute atomic E-state index is 13.4. The first-order valence-corrected chi connectivity index (χ1v) is 6.54. The third-order valence-electron chi connectivity index (χ3n) is 3.21. The molecule has 2 rings (SSSR count). The van der Waals surface area contributed by atoms with Crippen LogP contribution < -0.4 is 11.1 Å². The molecule has 0 aliphatic carbocycles. The Morgan fingerprint density at radius 2 is 1.82 bits per heavy atom. The van der Waals surface area contributed by atoms with Crippen LogP contribution in [0.25, 0.3) is 0 Å². The number of benzene rings is 2. The van der Waals surface area contributed by atoms with Crippen molar-refractivity contribution in [3.8, 4) is 0 Å². The van der Waals surface area contributed by atoms with Crippen molar-refractivity contribution in [1.82, 2.24) is 0 Å². The molecular formula is C16H18F2IN3. The van der Waals surface area contributed by atoms with E-state index in [1.165, 1.54) is 5.56 Å². The van der Waals surface area contributed by atoms with E-state index in [0.29, 0.717) is 0 Å². The zero-order valence-electron chi connectivity index (χ0n) is 12.4. The first-order chi connectivity index (χ1) is 9.95. The Balaban J connectivity index is 0.00000242. The number of guanidine groups is 1. The van der Waals surface area contributed by atoms with Crippen LogP contribution in [-0.4, -0.2) is 5.96 Å². The van der Waals surface area contributed by atoms with Gasteiger partial charge >= 0.3 is 0 Å². The average molecular weight is 417 g/mol. The summed E-state index contributed by atoms with van der Waals surface area (Å²) < 4.78 is 26.5. The molecule has 3 nitrogen and oxygen atoms in total. The van der Waals surface area contributed by atoms with E-state index in [0.717, 1.165) is 29.4 Å². The Morgan fingerprint density at radius 3 is 2.50 bits per heavy atom. The number of aliphatic imine (C=N–C) groups is 1. The highest BCUT2D eigenvalue weighted by molar-refractivity contribution is 14.0. The smallest absolute Gasteiger partial charge is 0.193 e. The van der Waals surface area contributed by atoms with Crippen LogP contribution >= 0.6 is 24.0 Å². The van der Waals surface area contributed by atoms with Gasteiger partial charge in [-0.05, 0) is 55.3 Å². The standard InChI is InChI=1S/C16H17F2N3.HI/c1-10-3-5-14(7-11(10)2)21-16(19)20-9-12-8-13(17)4-6-15(12)18;/h3-8H,9H2,1-2H3,(H3,19,20,21);1H. The van der Waals surface area contributed by atoms with Gasteiger partial charge in [0.15, 0.2) is 5.96 Å². The van der Waals surface area contributed by atoms with Gasteiger partial charge in [0, 0.05) is 11.3 Å². The first-order valence-electron chi connectivity index (χ1n) is 6.54. The number of nitrogens with two attached hydrogens (primary N) is 1. The fraction of sp³-hybridized carbons (Fsp3) is 0.188. The quantitative estimate of drug-likeness (QED) is 0.449. The summed E-state index contributed by atoms with van der Waals surface area (Å²) in [6.45, 7) is 3.99. The van der Waals surface area contributed by atoms with Gasteiger partial charge in [-0.15, -0.1) is 24.0 Å². The second-order valence-corrected chi connectivity index (χ2v) is 4.86. The lowest BCUT2D eigenvalue weighted by atomic mass is 10.1. The summed E-state index contributed by atoms with van der Waals surface area (Å²) in [5.41, 5.74) is 9.03. The molecule has 0 amide bonds. The minimum atomic E-state index is -0.501. The molecule has 0 aromatic heterocycles. The Hall–Kier alpha value is -1.70. The third-order valence-corrected chi connectivity index (χ3v) is 3.21. The summed E-state index contributed by atoms with van der Waals surface area (Å²) in [5, 5.41) is 2.93. The van der Waals surface area contributed by atoms with Gasteiger partial charge in [0.1, 0.15) is 11.6 Å². The van der Waals surface area contributed by atoms with E-state index in [-0.39, 0.29) is 42.0 Å². The zero-order valence-corrected chi connectivity index (χ0v) is 14.7. The molecule has 0 aliphatic rings. The Bertz CT molecular complexity index is 687. The highest BCUT2D eigenvalue weighted by atomic mass is 127. The maximum atomic E-state index is 13.4. The third kappa shape index (κ3) is 4.94. The first kappa shape index (κ1) is 18.3. The fourth-order valence-corrected chi connectivity index (χ4v) is 1.84. The summed E-state index contributed by atoms with van der Waals surface area (Å²) in [4.78, 5) is 4.02. The van der Waals surface area contributed by atoms with Crippen LogP contribution in [-0.2, 0) is 6.54 Å². The summed E-state index contributed by atoms with van der Waals surface area (Å²) in [5.74, 6) is -0.844. The van der Waals surface area contributed by atoms with E-state index in [9.17, 15) is 8.78 Å². The second-order valence-electron chi connectivity index (χ2n) is 4.86. The van der Waals surface area contributed by atoms with Crippen LogP contribution in [0.5, 0.6) is 0 Å². The number of anilines is 1. The number of aryl methyl sites for hydroxylation is 2. The molecular weight excluding hydrogens is 399 g/mol. The Kier molecular flexibility index (Phi) is 6.73. The van der Waals surface area contributed by atoms with Gasteiger partial charge in [-0.25, -0.2) is 13.8 Å². The molecule has 0 radical (unpaired) electrons.